The van der Waals surface area contributed by atoms with Crippen molar-refractivity contribution >= 4 is 17.6 Å². The number of ether oxygens (including phenoxy) is 1. The molecule has 0 saturated heterocycles. The Morgan fingerprint density at radius 3 is 2.54 bits per heavy atom. The minimum absolute atomic E-state index is 0.129. The molecule has 134 valence electrons. The summed E-state index contributed by atoms with van der Waals surface area (Å²) in [7, 11) is 1.37. The first kappa shape index (κ1) is 18.1. The van der Waals surface area contributed by atoms with Gasteiger partial charge in [-0.2, -0.15) is 4.98 Å². The SMILES string of the molecule is COC(=O)CN(Cc1ccccc1)Cc1nc(-c2ccc(Cl)cc2)no1. The van der Waals surface area contributed by atoms with Crippen LogP contribution in [-0.2, 0) is 22.6 Å². The fraction of sp³-hybridized carbons (Fsp3) is 0.211. The summed E-state index contributed by atoms with van der Waals surface area (Å²) in [6, 6.07) is 17.0. The summed E-state index contributed by atoms with van der Waals surface area (Å²) in [5.74, 6) is 0.586. The maximum Gasteiger partial charge on any atom is 0.319 e. The van der Waals surface area contributed by atoms with Crippen LogP contribution in [0, 0.1) is 0 Å². The number of carbonyl (C=O) groups is 1. The van der Waals surface area contributed by atoms with E-state index in [0.29, 0.717) is 29.8 Å². The van der Waals surface area contributed by atoms with Crippen molar-refractivity contribution in [2.75, 3.05) is 13.7 Å². The first-order valence-electron chi connectivity index (χ1n) is 8.05. The van der Waals surface area contributed by atoms with Gasteiger partial charge in [0.05, 0.1) is 20.2 Å². The molecule has 0 bridgehead atoms. The Labute approximate surface area is 156 Å². The number of hydrogen-bond donors (Lipinski definition) is 0. The fourth-order valence-electron chi connectivity index (χ4n) is 2.48. The zero-order valence-electron chi connectivity index (χ0n) is 14.3. The van der Waals surface area contributed by atoms with E-state index in [1.54, 1.807) is 12.1 Å². The van der Waals surface area contributed by atoms with Gasteiger partial charge < -0.3 is 9.26 Å². The van der Waals surface area contributed by atoms with Gasteiger partial charge in [-0.3, -0.25) is 9.69 Å². The second kappa shape index (κ2) is 8.60. The Kier molecular flexibility index (Phi) is 5.99. The minimum Gasteiger partial charge on any atom is -0.468 e. The van der Waals surface area contributed by atoms with Crippen LogP contribution in [0.2, 0.25) is 5.02 Å². The van der Waals surface area contributed by atoms with Crippen LogP contribution in [0.4, 0.5) is 0 Å². The number of halogens is 1. The van der Waals surface area contributed by atoms with Crippen molar-refractivity contribution in [3.63, 3.8) is 0 Å². The molecule has 0 amide bonds. The van der Waals surface area contributed by atoms with E-state index in [1.165, 1.54) is 7.11 Å². The first-order chi connectivity index (χ1) is 12.6. The number of hydrogen-bond acceptors (Lipinski definition) is 6. The van der Waals surface area contributed by atoms with E-state index in [0.717, 1.165) is 11.1 Å². The smallest absolute Gasteiger partial charge is 0.319 e. The summed E-state index contributed by atoms with van der Waals surface area (Å²) in [5.41, 5.74) is 1.89. The summed E-state index contributed by atoms with van der Waals surface area (Å²) in [6.45, 7) is 1.03. The van der Waals surface area contributed by atoms with E-state index in [1.807, 2.05) is 47.4 Å². The average Bonchev–Trinajstić information content (AvgIpc) is 3.11. The number of benzene rings is 2. The highest BCUT2D eigenvalue weighted by molar-refractivity contribution is 6.30. The van der Waals surface area contributed by atoms with Crippen molar-refractivity contribution in [3.8, 4) is 11.4 Å². The number of carbonyl (C=O) groups excluding carboxylic acids is 1. The quantitative estimate of drug-likeness (QED) is 0.591. The van der Waals surface area contributed by atoms with Gasteiger partial charge in [0.1, 0.15) is 0 Å². The third-order valence-electron chi connectivity index (χ3n) is 3.76. The zero-order valence-corrected chi connectivity index (χ0v) is 15.0. The molecule has 0 saturated carbocycles. The van der Waals surface area contributed by atoms with E-state index in [4.69, 9.17) is 20.9 Å². The van der Waals surface area contributed by atoms with E-state index in [2.05, 4.69) is 10.1 Å². The third-order valence-corrected chi connectivity index (χ3v) is 4.01. The Morgan fingerprint density at radius 2 is 1.85 bits per heavy atom. The summed E-state index contributed by atoms with van der Waals surface area (Å²) in [6.07, 6.45) is 0. The highest BCUT2D eigenvalue weighted by atomic mass is 35.5. The van der Waals surface area contributed by atoms with E-state index < -0.39 is 0 Å². The summed E-state index contributed by atoms with van der Waals surface area (Å²) in [4.78, 5) is 18.0. The molecule has 6 nitrogen and oxygen atoms in total. The van der Waals surface area contributed by atoms with Crippen LogP contribution >= 0.6 is 11.6 Å². The maximum atomic E-state index is 11.7. The lowest BCUT2D eigenvalue weighted by molar-refractivity contribution is -0.142. The van der Waals surface area contributed by atoms with Crippen LogP contribution in [0.1, 0.15) is 11.5 Å². The van der Waals surface area contributed by atoms with Gasteiger partial charge in [-0.25, -0.2) is 0 Å². The molecule has 0 spiro atoms. The van der Waals surface area contributed by atoms with Crippen molar-refractivity contribution in [2.45, 2.75) is 13.1 Å². The molecular weight excluding hydrogens is 354 g/mol. The predicted octanol–water partition coefficient (Wildman–Crippen LogP) is 3.57. The van der Waals surface area contributed by atoms with Gasteiger partial charge in [0.15, 0.2) is 0 Å². The normalized spacial score (nSPS) is 10.9. The molecule has 3 aromatic rings. The molecule has 0 fully saturated rings. The molecule has 0 unspecified atom stereocenters. The topological polar surface area (TPSA) is 68.5 Å². The monoisotopic (exact) mass is 371 g/mol. The molecule has 0 aliphatic rings. The number of methoxy groups -OCH3 is 1. The molecule has 3 rings (SSSR count). The van der Waals surface area contributed by atoms with Crippen LogP contribution in [0.5, 0.6) is 0 Å². The standard InChI is InChI=1S/C19H18ClN3O3/c1-25-18(24)13-23(11-14-5-3-2-4-6-14)12-17-21-19(22-26-17)15-7-9-16(20)10-8-15/h2-10H,11-13H2,1H3. The van der Waals surface area contributed by atoms with E-state index >= 15 is 0 Å². The van der Waals surface area contributed by atoms with Crippen molar-refractivity contribution < 1.29 is 14.1 Å². The lowest BCUT2D eigenvalue weighted by atomic mass is 10.2. The summed E-state index contributed by atoms with van der Waals surface area (Å²) < 4.78 is 10.1. The Morgan fingerprint density at radius 1 is 1.12 bits per heavy atom. The van der Waals surface area contributed by atoms with Crippen LogP contribution in [0.25, 0.3) is 11.4 Å². The van der Waals surface area contributed by atoms with Gasteiger partial charge >= 0.3 is 5.97 Å². The van der Waals surface area contributed by atoms with E-state index in [9.17, 15) is 4.79 Å². The van der Waals surface area contributed by atoms with Crippen molar-refractivity contribution in [1.29, 1.82) is 0 Å². The summed E-state index contributed by atoms with van der Waals surface area (Å²) >= 11 is 5.90. The van der Waals surface area contributed by atoms with Crippen LogP contribution < -0.4 is 0 Å². The molecule has 1 heterocycles. The van der Waals surface area contributed by atoms with Crippen LogP contribution in [-0.4, -0.2) is 34.7 Å². The highest BCUT2D eigenvalue weighted by Crippen LogP contribution is 2.19. The largest absolute Gasteiger partial charge is 0.468 e. The van der Waals surface area contributed by atoms with Gasteiger partial charge in [0.2, 0.25) is 11.7 Å². The van der Waals surface area contributed by atoms with Gasteiger partial charge in [-0.15, -0.1) is 0 Å². The Bertz CT molecular complexity index is 850. The molecule has 0 radical (unpaired) electrons. The second-order valence-electron chi connectivity index (χ2n) is 5.73. The van der Waals surface area contributed by atoms with Gasteiger partial charge in [-0.05, 0) is 29.8 Å². The van der Waals surface area contributed by atoms with E-state index in [-0.39, 0.29) is 12.5 Å². The number of nitrogens with zero attached hydrogens (tertiary/aromatic N) is 3. The number of aromatic nitrogens is 2. The Hall–Kier alpha value is -2.70. The lowest BCUT2D eigenvalue weighted by Gasteiger charge is -2.19. The first-order valence-corrected chi connectivity index (χ1v) is 8.43. The number of esters is 1. The molecular formula is C19H18ClN3O3. The minimum atomic E-state index is -0.321. The zero-order chi connectivity index (χ0) is 18.4. The van der Waals surface area contributed by atoms with Crippen LogP contribution in [0.3, 0.4) is 0 Å². The van der Waals surface area contributed by atoms with Gasteiger partial charge in [-0.1, -0.05) is 47.1 Å². The van der Waals surface area contributed by atoms with Gasteiger partial charge in [0.25, 0.3) is 0 Å². The third kappa shape index (κ3) is 4.91. The highest BCUT2D eigenvalue weighted by Gasteiger charge is 2.17. The van der Waals surface area contributed by atoms with Crippen LogP contribution in [0.15, 0.2) is 59.1 Å². The molecule has 7 heteroatoms. The fourth-order valence-corrected chi connectivity index (χ4v) is 2.61. The molecule has 0 aliphatic carbocycles. The average molecular weight is 372 g/mol. The van der Waals surface area contributed by atoms with Crippen molar-refractivity contribution in [2.24, 2.45) is 0 Å². The molecule has 0 N–H and O–H groups in total. The molecule has 2 aromatic carbocycles. The molecule has 1 aromatic heterocycles. The number of rotatable bonds is 7. The molecule has 26 heavy (non-hydrogen) atoms. The van der Waals surface area contributed by atoms with Gasteiger partial charge in [0, 0.05) is 17.1 Å². The lowest BCUT2D eigenvalue weighted by Crippen LogP contribution is -2.30. The summed E-state index contributed by atoms with van der Waals surface area (Å²) in [5, 5.41) is 4.65. The second-order valence-corrected chi connectivity index (χ2v) is 6.16. The van der Waals surface area contributed by atoms with Crippen molar-refractivity contribution in [3.05, 3.63) is 71.1 Å². The van der Waals surface area contributed by atoms with Crippen molar-refractivity contribution in [1.82, 2.24) is 15.0 Å². The molecule has 0 atom stereocenters. The Balaban J connectivity index is 1.73. The predicted molar refractivity (Wildman–Crippen MR) is 97.3 cm³/mol. The molecule has 0 aliphatic heterocycles. The maximum absolute atomic E-state index is 11.7.